The maximum Gasteiger partial charge on any atom is 0.254 e. The average molecular weight is 381 g/mol. The second-order valence-corrected chi connectivity index (χ2v) is 7.20. The van der Waals surface area contributed by atoms with Gasteiger partial charge in [0.25, 0.3) is 5.56 Å². The zero-order chi connectivity index (χ0) is 20.1. The van der Waals surface area contributed by atoms with Gasteiger partial charge < -0.3 is 21.4 Å². The zero-order valence-electron chi connectivity index (χ0n) is 15.0. The number of nitrogens with zero attached hydrogens (tertiary/aromatic N) is 2. The molecule has 1 aromatic heterocycles. The minimum absolute atomic E-state index is 0.152. The highest BCUT2D eigenvalue weighted by Gasteiger charge is 2.57. The summed E-state index contributed by atoms with van der Waals surface area (Å²) in [6.45, 7) is 0.498. The third-order valence-corrected chi connectivity index (χ3v) is 5.43. The van der Waals surface area contributed by atoms with E-state index >= 15 is 0 Å². The number of benzene rings is 1. The quantitative estimate of drug-likeness (QED) is 0.620. The van der Waals surface area contributed by atoms with E-state index in [-0.39, 0.29) is 18.0 Å². The number of nitrogens with two attached hydrogens (primary N) is 2. The van der Waals surface area contributed by atoms with E-state index in [4.69, 9.17) is 11.5 Å². The lowest BCUT2D eigenvalue weighted by Crippen LogP contribution is -2.46. The van der Waals surface area contributed by atoms with E-state index in [2.05, 4.69) is 9.97 Å². The molecule has 0 saturated heterocycles. The van der Waals surface area contributed by atoms with Crippen LogP contribution < -0.4 is 17.0 Å². The molecular formula is C19H19N5O4. The Morgan fingerprint density at radius 3 is 2.36 bits per heavy atom. The molecule has 2 heterocycles. The second-order valence-electron chi connectivity index (χ2n) is 7.20. The van der Waals surface area contributed by atoms with Gasteiger partial charge in [-0.1, -0.05) is 12.1 Å². The molecular weight excluding hydrogens is 362 g/mol. The first-order valence-corrected chi connectivity index (χ1v) is 8.93. The molecule has 1 aliphatic heterocycles. The number of rotatable bonds is 4. The Kier molecular flexibility index (Phi) is 4.02. The molecule has 144 valence electrons. The van der Waals surface area contributed by atoms with Gasteiger partial charge in [0.2, 0.25) is 17.7 Å². The first kappa shape index (κ1) is 17.9. The molecule has 0 atom stereocenters. The molecule has 1 fully saturated rings. The number of H-pyrrole nitrogens is 1. The van der Waals surface area contributed by atoms with Crippen molar-refractivity contribution in [1.29, 1.82) is 0 Å². The lowest BCUT2D eigenvalue weighted by atomic mass is 10.0. The van der Waals surface area contributed by atoms with Crippen molar-refractivity contribution in [3.8, 4) is 11.4 Å². The van der Waals surface area contributed by atoms with Crippen LogP contribution in [-0.2, 0) is 22.6 Å². The van der Waals surface area contributed by atoms with Crippen molar-refractivity contribution in [1.82, 2.24) is 14.9 Å². The van der Waals surface area contributed by atoms with Gasteiger partial charge in [0.1, 0.15) is 11.2 Å². The standard InChI is InChI=1S/C19H19N5O4/c20-14(25)10-1-3-11(4-2-10)15-22-13-9-24(8-5-12(13)16(26)23-15)18(28)19(6-7-19)17(21)27/h1-4H,5-9H2,(H2,20,25)(H2,21,27)(H,22,23,26). The van der Waals surface area contributed by atoms with Crippen LogP contribution in [0.4, 0.5) is 0 Å². The smallest absolute Gasteiger partial charge is 0.254 e. The number of aromatic amines is 1. The Morgan fingerprint density at radius 2 is 1.79 bits per heavy atom. The van der Waals surface area contributed by atoms with Crippen molar-refractivity contribution in [3.63, 3.8) is 0 Å². The molecule has 0 bridgehead atoms. The van der Waals surface area contributed by atoms with E-state index in [0.717, 1.165) is 0 Å². The lowest BCUT2D eigenvalue weighted by Gasteiger charge is -2.30. The van der Waals surface area contributed by atoms with Crippen LogP contribution in [0, 0.1) is 5.41 Å². The predicted octanol–water partition coefficient (Wildman–Crippen LogP) is -0.314. The minimum atomic E-state index is -1.09. The third-order valence-electron chi connectivity index (χ3n) is 5.43. The largest absolute Gasteiger partial charge is 0.369 e. The van der Waals surface area contributed by atoms with E-state index in [0.29, 0.717) is 54.0 Å². The Morgan fingerprint density at radius 1 is 1.11 bits per heavy atom. The molecule has 28 heavy (non-hydrogen) atoms. The van der Waals surface area contributed by atoms with Crippen LogP contribution in [0.2, 0.25) is 0 Å². The van der Waals surface area contributed by atoms with Gasteiger partial charge in [-0.25, -0.2) is 4.98 Å². The highest BCUT2D eigenvalue weighted by molar-refractivity contribution is 6.07. The number of carbonyl (C=O) groups excluding carboxylic acids is 3. The predicted molar refractivity (Wildman–Crippen MR) is 98.8 cm³/mol. The number of amides is 3. The molecule has 4 rings (SSSR count). The van der Waals surface area contributed by atoms with Crippen LogP contribution in [0.25, 0.3) is 11.4 Å². The Labute approximate surface area is 159 Å². The Hall–Kier alpha value is -3.49. The fourth-order valence-corrected chi connectivity index (χ4v) is 3.54. The van der Waals surface area contributed by atoms with Crippen LogP contribution in [-0.4, -0.2) is 39.1 Å². The van der Waals surface area contributed by atoms with Crippen molar-refractivity contribution in [2.24, 2.45) is 16.9 Å². The number of carbonyl (C=O) groups is 3. The van der Waals surface area contributed by atoms with Gasteiger partial charge in [0, 0.05) is 23.2 Å². The zero-order valence-corrected chi connectivity index (χ0v) is 15.0. The number of fused-ring (bicyclic) bond motifs is 1. The molecule has 2 aliphatic rings. The molecule has 0 radical (unpaired) electrons. The van der Waals surface area contributed by atoms with Crippen molar-refractivity contribution in [2.45, 2.75) is 25.8 Å². The number of hydrogen-bond acceptors (Lipinski definition) is 5. The Bertz CT molecular complexity index is 1050. The fourth-order valence-electron chi connectivity index (χ4n) is 3.54. The molecule has 0 spiro atoms. The van der Waals surface area contributed by atoms with E-state index in [1.807, 2.05) is 0 Å². The summed E-state index contributed by atoms with van der Waals surface area (Å²) in [4.78, 5) is 56.9. The minimum Gasteiger partial charge on any atom is -0.369 e. The number of aromatic nitrogens is 2. The van der Waals surface area contributed by atoms with Gasteiger partial charge >= 0.3 is 0 Å². The maximum absolute atomic E-state index is 12.7. The van der Waals surface area contributed by atoms with E-state index < -0.39 is 17.2 Å². The molecule has 1 saturated carbocycles. The van der Waals surface area contributed by atoms with Gasteiger partial charge in [0.15, 0.2) is 0 Å². The first-order chi connectivity index (χ1) is 13.3. The average Bonchev–Trinajstić information content (AvgIpc) is 3.49. The fraction of sp³-hybridized carbons (Fsp3) is 0.316. The monoisotopic (exact) mass is 381 g/mol. The molecule has 5 N–H and O–H groups in total. The van der Waals surface area contributed by atoms with E-state index in [1.165, 1.54) is 0 Å². The second kappa shape index (κ2) is 6.29. The summed E-state index contributed by atoms with van der Waals surface area (Å²) < 4.78 is 0. The number of primary amides is 2. The summed E-state index contributed by atoms with van der Waals surface area (Å²) in [5.74, 6) is -1.10. The Balaban J connectivity index is 1.64. The van der Waals surface area contributed by atoms with Gasteiger partial charge in [-0.2, -0.15) is 0 Å². The lowest BCUT2D eigenvalue weighted by molar-refractivity contribution is -0.143. The first-order valence-electron chi connectivity index (χ1n) is 8.93. The normalized spacial score (nSPS) is 16.9. The topological polar surface area (TPSA) is 152 Å². The van der Waals surface area contributed by atoms with Crippen LogP contribution in [0.5, 0.6) is 0 Å². The molecule has 9 nitrogen and oxygen atoms in total. The SMILES string of the molecule is NC(=O)c1ccc(-c2nc3c(c(=O)[nH]2)CCN(C(=O)C2(C(N)=O)CC2)C3)cc1. The number of hydrogen-bond donors (Lipinski definition) is 3. The van der Waals surface area contributed by atoms with Crippen molar-refractivity contribution >= 4 is 17.7 Å². The summed E-state index contributed by atoms with van der Waals surface area (Å²) in [6, 6.07) is 6.39. The van der Waals surface area contributed by atoms with Crippen LogP contribution in [0.3, 0.4) is 0 Å². The van der Waals surface area contributed by atoms with Crippen LogP contribution in [0.1, 0.15) is 34.5 Å². The van der Waals surface area contributed by atoms with E-state index in [1.54, 1.807) is 29.2 Å². The summed E-state index contributed by atoms with van der Waals surface area (Å²) in [6.07, 6.45) is 1.29. The van der Waals surface area contributed by atoms with Crippen molar-refractivity contribution < 1.29 is 14.4 Å². The third kappa shape index (κ3) is 2.84. The molecule has 3 amide bonds. The molecule has 1 aliphatic carbocycles. The van der Waals surface area contributed by atoms with Crippen LogP contribution >= 0.6 is 0 Å². The number of nitrogens with one attached hydrogen (secondary N) is 1. The van der Waals surface area contributed by atoms with Gasteiger partial charge in [0.05, 0.1) is 12.2 Å². The molecule has 2 aromatic rings. The molecule has 9 heteroatoms. The van der Waals surface area contributed by atoms with Crippen molar-refractivity contribution in [3.05, 3.63) is 51.4 Å². The highest BCUT2D eigenvalue weighted by Crippen LogP contribution is 2.47. The summed E-state index contributed by atoms with van der Waals surface area (Å²) >= 11 is 0. The summed E-state index contributed by atoms with van der Waals surface area (Å²) in [5, 5.41) is 0. The van der Waals surface area contributed by atoms with Gasteiger partial charge in [-0.15, -0.1) is 0 Å². The molecule has 0 unspecified atom stereocenters. The highest BCUT2D eigenvalue weighted by atomic mass is 16.2. The van der Waals surface area contributed by atoms with Crippen LogP contribution in [0.15, 0.2) is 29.1 Å². The summed E-state index contributed by atoms with van der Waals surface area (Å²) in [5.41, 5.74) is 11.3. The van der Waals surface area contributed by atoms with Crippen molar-refractivity contribution in [2.75, 3.05) is 6.54 Å². The van der Waals surface area contributed by atoms with Gasteiger partial charge in [-0.3, -0.25) is 19.2 Å². The van der Waals surface area contributed by atoms with Gasteiger partial charge in [-0.05, 0) is 31.4 Å². The van der Waals surface area contributed by atoms with E-state index in [9.17, 15) is 19.2 Å². The molecule has 1 aromatic carbocycles. The summed E-state index contributed by atoms with van der Waals surface area (Å²) in [7, 11) is 0. The maximum atomic E-state index is 12.7.